The van der Waals surface area contributed by atoms with Crippen LogP contribution in [0.5, 0.6) is 17.4 Å². The number of aromatic nitrogens is 3. The largest absolute Gasteiger partial charge is 0.496 e. The third-order valence-corrected chi connectivity index (χ3v) is 11.2. The molecule has 0 unspecified atom stereocenters. The number of nitrogens with zero attached hydrogens (tertiary/aromatic N) is 4. The molecule has 3 aliphatic rings. The van der Waals surface area contributed by atoms with Crippen molar-refractivity contribution in [3.8, 4) is 45.5 Å². The quantitative estimate of drug-likeness (QED) is 0.151. The van der Waals surface area contributed by atoms with Gasteiger partial charge in [0, 0.05) is 78.8 Å². The van der Waals surface area contributed by atoms with E-state index >= 15 is 0 Å². The van der Waals surface area contributed by atoms with E-state index in [1.807, 2.05) is 65.5 Å². The van der Waals surface area contributed by atoms with Crippen molar-refractivity contribution in [2.24, 2.45) is 11.3 Å². The van der Waals surface area contributed by atoms with E-state index in [0.717, 1.165) is 101 Å². The standard InChI is InChI=1S/C40H43ClN6O5/c1-50-35-14-26(15-36(51-2)32(35)20-46-22-40(23-46)16-37(49)43-21-40)47-34-9-5-6-28(31(34)19-44-47)29-7-4-8-30(38(29)41)33-11-10-25(39(45-33)52-3)18-42-17-24-12-27(48)13-24/h4-11,14-15,19,24,27,42,48H,12-13,16-18,20-23H2,1-3H3,(H,43,49). The van der Waals surface area contributed by atoms with E-state index in [0.29, 0.717) is 36.3 Å². The van der Waals surface area contributed by atoms with Crippen molar-refractivity contribution >= 4 is 28.4 Å². The van der Waals surface area contributed by atoms with Crippen molar-refractivity contribution in [3.05, 3.63) is 83.0 Å². The molecule has 3 aromatic carbocycles. The highest BCUT2D eigenvalue weighted by Crippen LogP contribution is 2.42. The fourth-order valence-corrected chi connectivity index (χ4v) is 8.42. The Bertz CT molecular complexity index is 2120. The Balaban J connectivity index is 1.06. The number of hydrogen-bond acceptors (Lipinski definition) is 9. The molecule has 1 aliphatic carbocycles. The van der Waals surface area contributed by atoms with Gasteiger partial charge in [-0.05, 0) is 43.0 Å². The van der Waals surface area contributed by atoms with E-state index in [4.69, 9.17) is 35.9 Å². The molecular weight excluding hydrogens is 680 g/mol. The summed E-state index contributed by atoms with van der Waals surface area (Å²) < 4.78 is 19.4. The van der Waals surface area contributed by atoms with Crippen LogP contribution in [0.2, 0.25) is 5.02 Å². The molecule has 2 aliphatic heterocycles. The Morgan fingerprint density at radius 3 is 2.40 bits per heavy atom. The van der Waals surface area contributed by atoms with E-state index in [1.165, 1.54) is 0 Å². The molecule has 5 aromatic rings. The Labute approximate surface area is 307 Å². The molecule has 270 valence electrons. The number of halogens is 1. The minimum Gasteiger partial charge on any atom is -0.496 e. The lowest BCUT2D eigenvalue weighted by Crippen LogP contribution is -2.56. The zero-order valence-electron chi connectivity index (χ0n) is 29.6. The van der Waals surface area contributed by atoms with Gasteiger partial charge in [0.1, 0.15) is 11.5 Å². The number of likely N-dealkylation sites (tertiary alicyclic amines) is 1. The molecule has 12 heteroatoms. The van der Waals surface area contributed by atoms with Gasteiger partial charge >= 0.3 is 0 Å². The highest BCUT2D eigenvalue weighted by atomic mass is 35.5. The minimum absolute atomic E-state index is 0.0404. The third-order valence-electron chi connectivity index (χ3n) is 10.8. The van der Waals surface area contributed by atoms with E-state index in [9.17, 15) is 9.90 Å². The molecule has 11 nitrogen and oxygen atoms in total. The number of carbonyl (C=O) groups excluding carboxylic acids is 1. The highest BCUT2D eigenvalue weighted by molar-refractivity contribution is 6.36. The number of amides is 1. The molecule has 0 radical (unpaired) electrons. The Kier molecular flexibility index (Phi) is 9.29. The van der Waals surface area contributed by atoms with Gasteiger partial charge in [-0.25, -0.2) is 9.67 Å². The monoisotopic (exact) mass is 722 g/mol. The minimum atomic E-state index is -0.156. The fourth-order valence-electron chi connectivity index (χ4n) is 8.10. The average Bonchev–Trinajstić information content (AvgIpc) is 3.75. The van der Waals surface area contributed by atoms with E-state index in [2.05, 4.69) is 21.6 Å². The SMILES string of the molecule is COc1cc(-n2ncc3c(-c4cccc(-c5ccc(CNCC6CC(O)C6)c(OC)n5)c4Cl)cccc32)cc(OC)c1CN1CC2(CNC(=O)C2)C1. The van der Waals surface area contributed by atoms with Crippen molar-refractivity contribution in [1.82, 2.24) is 30.3 Å². The van der Waals surface area contributed by atoms with Crippen LogP contribution in [0, 0.1) is 11.3 Å². The first-order chi connectivity index (χ1) is 25.3. The summed E-state index contributed by atoms with van der Waals surface area (Å²) in [6.45, 7) is 4.60. The van der Waals surface area contributed by atoms with Gasteiger partial charge < -0.3 is 30.0 Å². The molecule has 1 spiro atoms. The average molecular weight is 723 g/mol. The number of aliphatic hydroxyl groups excluding tert-OH is 1. The van der Waals surface area contributed by atoms with Crippen LogP contribution in [0.25, 0.3) is 39.0 Å². The van der Waals surface area contributed by atoms with E-state index < -0.39 is 0 Å². The lowest BCUT2D eigenvalue weighted by molar-refractivity contribution is -0.120. The molecule has 3 N–H and O–H groups in total. The van der Waals surface area contributed by atoms with Gasteiger partial charge in [0.05, 0.1) is 61.1 Å². The van der Waals surface area contributed by atoms with Crippen LogP contribution >= 0.6 is 11.6 Å². The van der Waals surface area contributed by atoms with Gasteiger partial charge in [0.2, 0.25) is 11.8 Å². The summed E-state index contributed by atoms with van der Waals surface area (Å²) in [7, 11) is 4.98. The van der Waals surface area contributed by atoms with Crippen LogP contribution in [-0.2, 0) is 17.9 Å². The number of methoxy groups -OCH3 is 3. The molecule has 1 saturated carbocycles. The molecule has 0 bridgehead atoms. The smallest absolute Gasteiger partial charge is 0.220 e. The molecular formula is C40H43ClN6O5. The van der Waals surface area contributed by atoms with Crippen LogP contribution < -0.4 is 24.8 Å². The zero-order valence-corrected chi connectivity index (χ0v) is 30.4. The second-order valence-corrected chi connectivity index (χ2v) is 14.8. The molecule has 3 fully saturated rings. The predicted octanol–water partition coefficient (Wildman–Crippen LogP) is 5.62. The van der Waals surface area contributed by atoms with Gasteiger partial charge in [-0.15, -0.1) is 0 Å². The number of ether oxygens (including phenoxy) is 3. The predicted molar refractivity (Wildman–Crippen MR) is 200 cm³/mol. The van der Waals surface area contributed by atoms with Crippen molar-refractivity contribution in [3.63, 3.8) is 0 Å². The maximum Gasteiger partial charge on any atom is 0.220 e. The third kappa shape index (κ3) is 6.36. The highest BCUT2D eigenvalue weighted by Gasteiger charge is 2.48. The van der Waals surface area contributed by atoms with Crippen LogP contribution in [0.3, 0.4) is 0 Å². The van der Waals surface area contributed by atoms with Crippen molar-refractivity contribution in [2.45, 2.75) is 38.5 Å². The van der Waals surface area contributed by atoms with Crippen molar-refractivity contribution < 1.29 is 24.1 Å². The van der Waals surface area contributed by atoms with Gasteiger partial charge in [-0.1, -0.05) is 48.0 Å². The van der Waals surface area contributed by atoms with Gasteiger partial charge in [0.25, 0.3) is 0 Å². The molecule has 2 saturated heterocycles. The maximum atomic E-state index is 11.8. The molecule has 0 atom stereocenters. The van der Waals surface area contributed by atoms with Crippen LogP contribution in [0.15, 0.2) is 66.9 Å². The number of rotatable bonds is 12. The summed E-state index contributed by atoms with van der Waals surface area (Å²) in [6.07, 6.45) is 4.00. The van der Waals surface area contributed by atoms with Crippen LogP contribution in [0.4, 0.5) is 0 Å². The Hall–Kier alpha value is -4.68. The number of hydrogen-bond donors (Lipinski definition) is 3. The van der Waals surface area contributed by atoms with E-state index in [1.54, 1.807) is 21.3 Å². The first-order valence-electron chi connectivity index (χ1n) is 17.7. The first-order valence-corrected chi connectivity index (χ1v) is 18.1. The summed E-state index contributed by atoms with van der Waals surface area (Å²) in [5.74, 6) is 2.63. The molecule has 1 amide bonds. The number of fused-ring (bicyclic) bond motifs is 1. The molecule has 8 rings (SSSR count). The van der Waals surface area contributed by atoms with Crippen molar-refractivity contribution in [1.29, 1.82) is 0 Å². The second-order valence-electron chi connectivity index (χ2n) is 14.4. The van der Waals surface area contributed by atoms with Crippen LogP contribution in [0.1, 0.15) is 30.4 Å². The topological polar surface area (TPSA) is 123 Å². The van der Waals surface area contributed by atoms with Gasteiger partial charge in [-0.2, -0.15) is 5.10 Å². The van der Waals surface area contributed by atoms with Gasteiger partial charge in [0.15, 0.2) is 0 Å². The summed E-state index contributed by atoms with van der Waals surface area (Å²) in [6, 6.07) is 20.1. The summed E-state index contributed by atoms with van der Waals surface area (Å²) in [5, 5.41) is 22.4. The molecule has 52 heavy (non-hydrogen) atoms. The lowest BCUT2D eigenvalue weighted by Gasteiger charge is -2.47. The maximum absolute atomic E-state index is 11.8. The second kappa shape index (κ2) is 14.0. The van der Waals surface area contributed by atoms with Gasteiger partial charge in [-0.3, -0.25) is 9.69 Å². The number of benzene rings is 3. The lowest BCUT2D eigenvalue weighted by atomic mass is 9.79. The van der Waals surface area contributed by atoms with Crippen LogP contribution in [-0.4, -0.2) is 84.3 Å². The van der Waals surface area contributed by atoms with E-state index in [-0.39, 0.29) is 17.4 Å². The Morgan fingerprint density at radius 2 is 1.71 bits per heavy atom. The molecule has 4 heterocycles. The fraction of sp³-hybridized carbons (Fsp3) is 0.375. The first kappa shape index (κ1) is 34.4. The van der Waals surface area contributed by atoms with Crippen molar-refractivity contribution in [2.75, 3.05) is 47.5 Å². The normalized spacial score (nSPS) is 19.4. The Morgan fingerprint density at radius 1 is 0.981 bits per heavy atom. The summed E-state index contributed by atoms with van der Waals surface area (Å²) >= 11 is 7.19. The summed E-state index contributed by atoms with van der Waals surface area (Å²) in [4.78, 5) is 19.0. The zero-order chi connectivity index (χ0) is 36.0. The number of pyridine rings is 1. The number of aliphatic hydroxyl groups is 1. The number of nitrogens with one attached hydrogen (secondary N) is 2. The molecule has 2 aromatic heterocycles. The number of carbonyl (C=O) groups is 1. The summed E-state index contributed by atoms with van der Waals surface area (Å²) in [5.41, 5.74) is 7.03.